The molecule has 1 aromatic heterocycles. The van der Waals surface area contributed by atoms with Crippen molar-refractivity contribution < 1.29 is 4.74 Å². The van der Waals surface area contributed by atoms with Gasteiger partial charge in [-0.2, -0.15) is 0 Å². The quantitative estimate of drug-likeness (QED) is 0.853. The topological polar surface area (TPSA) is 39.1 Å². The first-order chi connectivity index (χ1) is 7.86. The predicted molar refractivity (Wildman–Crippen MR) is 64.4 cm³/mol. The molecule has 1 atom stereocenters. The minimum atomic E-state index is 0.122. The number of aromatic nitrogens is 2. The van der Waals surface area contributed by atoms with Crippen molar-refractivity contribution in [1.29, 1.82) is 0 Å². The molecule has 1 saturated heterocycles. The molecule has 0 saturated carbocycles. The Balaban J connectivity index is 1.93. The molecule has 88 valence electrons. The van der Waals surface area contributed by atoms with Crippen molar-refractivity contribution in [2.24, 2.45) is 0 Å². The smallest absolute Gasteiger partial charge is 0.140 e. The summed E-state index contributed by atoms with van der Waals surface area (Å²) in [6.45, 7) is 3.70. The zero-order valence-electron chi connectivity index (χ0n) is 9.21. The average molecular weight is 286 g/mol. The van der Waals surface area contributed by atoms with Crippen LogP contribution in [0.5, 0.6) is 0 Å². The number of imidazole rings is 1. The van der Waals surface area contributed by atoms with E-state index in [0.717, 1.165) is 43.1 Å². The van der Waals surface area contributed by atoms with E-state index in [0.29, 0.717) is 0 Å². The SMILES string of the molecule is Brc1nc(C2CNCCO2)n2c1CCCC2. The van der Waals surface area contributed by atoms with Gasteiger partial charge in [0.2, 0.25) is 0 Å². The second-order valence-electron chi connectivity index (χ2n) is 4.38. The second kappa shape index (κ2) is 4.47. The van der Waals surface area contributed by atoms with Gasteiger partial charge in [0.25, 0.3) is 0 Å². The summed E-state index contributed by atoms with van der Waals surface area (Å²) in [5, 5.41) is 3.36. The summed E-state index contributed by atoms with van der Waals surface area (Å²) in [7, 11) is 0. The first-order valence-corrected chi connectivity index (χ1v) is 6.72. The van der Waals surface area contributed by atoms with E-state index in [1.807, 2.05) is 0 Å². The third-order valence-corrected chi connectivity index (χ3v) is 3.95. The average Bonchev–Trinajstić information content (AvgIpc) is 2.69. The summed E-state index contributed by atoms with van der Waals surface area (Å²) in [5.41, 5.74) is 1.34. The molecule has 0 radical (unpaired) electrons. The van der Waals surface area contributed by atoms with Gasteiger partial charge in [-0.25, -0.2) is 4.98 Å². The molecular formula is C11H16BrN3O. The fourth-order valence-electron chi connectivity index (χ4n) is 2.50. The number of nitrogens with zero attached hydrogens (tertiary/aromatic N) is 2. The van der Waals surface area contributed by atoms with E-state index in [2.05, 4.69) is 30.8 Å². The highest BCUT2D eigenvalue weighted by atomic mass is 79.9. The van der Waals surface area contributed by atoms with Gasteiger partial charge in [0, 0.05) is 19.6 Å². The monoisotopic (exact) mass is 285 g/mol. The van der Waals surface area contributed by atoms with Gasteiger partial charge in [-0.1, -0.05) is 0 Å². The zero-order chi connectivity index (χ0) is 11.0. The molecule has 0 spiro atoms. The molecule has 1 aromatic rings. The van der Waals surface area contributed by atoms with Crippen LogP contribution in [0.1, 0.15) is 30.5 Å². The zero-order valence-corrected chi connectivity index (χ0v) is 10.8. The lowest BCUT2D eigenvalue weighted by atomic mass is 10.1. The molecule has 0 amide bonds. The maximum absolute atomic E-state index is 5.78. The standard InChI is InChI=1S/C11H16BrN3O/c12-10-8-3-1-2-5-15(8)11(14-10)9-7-13-4-6-16-9/h9,13H,1-7H2. The molecule has 1 unspecified atom stereocenters. The van der Waals surface area contributed by atoms with Crippen LogP contribution in [0.4, 0.5) is 0 Å². The first-order valence-electron chi connectivity index (χ1n) is 5.93. The fourth-order valence-corrected chi connectivity index (χ4v) is 3.10. The maximum Gasteiger partial charge on any atom is 0.140 e. The summed E-state index contributed by atoms with van der Waals surface area (Å²) in [4.78, 5) is 4.63. The van der Waals surface area contributed by atoms with Gasteiger partial charge in [-0.3, -0.25) is 0 Å². The van der Waals surface area contributed by atoms with Crippen LogP contribution in [0, 0.1) is 0 Å². The largest absolute Gasteiger partial charge is 0.368 e. The highest BCUT2D eigenvalue weighted by molar-refractivity contribution is 9.10. The van der Waals surface area contributed by atoms with Gasteiger partial charge >= 0.3 is 0 Å². The number of rotatable bonds is 1. The van der Waals surface area contributed by atoms with Crippen molar-refractivity contribution in [2.45, 2.75) is 31.9 Å². The number of morpholine rings is 1. The Kier molecular flexibility index (Phi) is 3.00. The van der Waals surface area contributed by atoms with Crippen molar-refractivity contribution in [2.75, 3.05) is 19.7 Å². The van der Waals surface area contributed by atoms with Crippen LogP contribution in [-0.2, 0) is 17.7 Å². The van der Waals surface area contributed by atoms with Gasteiger partial charge in [-0.05, 0) is 35.2 Å². The van der Waals surface area contributed by atoms with Gasteiger partial charge in [0.1, 0.15) is 16.5 Å². The number of fused-ring (bicyclic) bond motifs is 1. The maximum atomic E-state index is 5.78. The number of halogens is 1. The first kappa shape index (κ1) is 10.7. The Hall–Kier alpha value is -0.390. The summed E-state index contributed by atoms with van der Waals surface area (Å²) in [5.74, 6) is 1.09. The van der Waals surface area contributed by atoms with E-state index in [1.54, 1.807) is 0 Å². The number of hydrogen-bond acceptors (Lipinski definition) is 3. The Labute approximate surface area is 104 Å². The molecule has 1 N–H and O–H groups in total. The third-order valence-electron chi connectivity index (χ3n) is 3.31. The lowest BCUT2D eigenvalue weighted by Gasteiger charge is -2.25. The lowest BCUT2D eigenvalue weighted by Crippen LogP contribution is -2.35. The van der Waals surface area contributed by atoms with Gasteiger partial charge in [0.15, 0.2) is 0 Å². The summed E-state index contributed by atoms with van der Waals surface area (Å²) in [6, 6.07) is 0. The Morgan fingerprint density at radius 1 is 1.44 bits per heavy atom. The molecule has 3 rings (SSSR count). The predicted octanol–water partition coefficient (Wildman–Crippen LogP) is 1.64. The Morgan fingerprint density at radius 3 is 3.19 bits per heavy atom. The van der Waals surface area contributed by atoms with Crippen LogP contribution in [0.25, 0.3) is 0 Å². The van der Waals surface area contributed by atoms with Gasteiger partial charge in [-0.15, -0.1) is 0 Å². The van der Waals surface area contributed by atoms with Crippen molar-refractivity contribution in [1.82, 2.24) is 14.9 Å². The lowest BCUT2D eigenvalue weighted by molar-refractivity contribution is 0.0195. The van der Waals surface area contributed by atoms with Crippen LogP contribution in [0.15, 0.2) is 4.60 Å². The van der Waals surface area contributed by atoms with E-state index in [9.17, 15) is 0 Å². The third kappa shape index (κ3) is 1.81. The molecular weight excluding hydrogens is 270 g/mol. The second-order valence-corrected chi connectivity index (χ2v) is 5.13. The highest BCUT2D eigenvalue weighted by Crippen LogP contribution is 2.29. The van der Waals surface area contributed by atoms with E-state index in [1.165, 1.54) is 18.5 Å². The fraction of sp³-hybridized carbons (Fsp3) is 0.727. The van der Waals surface area contributed by atoms with Crippen molar-refractivity contribution in [3.8, 4) is 0 Å². The molecule has 16 heavy (non-hydrogen) atoms. The molecule has 3 heterocycles. The highest BCUT2D eigenvalue weighted by Gasteiger charge is 2.26. The van der Waals surface area contributed by atoms with Gasteiger partial charge in [0.05, 0.1) is 12.3 Å². The van der Waals surface area contributed by atoms with Crippen LogP contribution in [-0.4, -0.2) is 29.2 Å². The van der Waals surface area contributed by atoms with Crippen LogP contribution in [0.3, 0.4) is 0 Å². The number of hydrogen-bond donors (Lipinski definition) is 1. The van der Waals surface area contributed by atoms with Crippen LogP contribution >= 0.6 is 15.9 Å². The Morgan fingerprint density at radius 2 is 2.38 bits per heavy atom. The minimum absolute atomic E-state index is 0.122. The van der Waals surface area contributed by atoms with Crippen LogP contribution in [0.2, 0.25) is 0 Å². The van der Waals surface area contributed by atoms with Crippen molar-refractivity contribution >= 4 is 15.9 Å². The van der Waals surface area contributed by atoms with Crippen LogP contribution < -0.4 is 5.32 Å². The molecule has 5 heteroatoms. The summed E-state index contributed by atoms with van der Waals surface area (Å²) < 4.78 is 9.13. The Bertz CT molecular complexity index is 385. The summed E-state index contributed by atoms with van der Waals surface area (Å²) >= 11 is 3.56. The van der Waals surface area contributed by atoms with Crippen molar-refractivity contribution in [3.63, 3.8) is 0 Å². The van der Waals surface area contributed by atoms with E-state index in [-0.39, 0.29) is 6.10 Å². The van der Waals surface area contributed by atoms with E-state index in [4.69, 9.17) is 4.74 Å². The molecule has 2 aliphatic rings. The number of ether oxygens (including phenoxy) is 1. The van der Waals surface area contributed by atoms with Gasteiger partial charge < -0.3 is 14.6 Å². The van der Waals surface area contributed by atoms with E-state index < -0.39 is 0 Å². The molecule has 2 aliphatic heterocycles. The molecule has 4 nitrogen and oxygen atoms in total. The molecule has 0 bridgehead atoms. The normalized spacial score (nSPS) is 25.4. The molecule has 1 fully saturated rings. The molecule has 0 aromatic carbocycles. The molecule has 0 aliphatic carbocycles. The van der Waals surface area contributed by atoms with Crippen molar-refractivity contribution in [3.05, 3.63) is 16.1 Å². The summed E-state index contributed by atoms with van der Waals surface area (Å²) in [6.07, 6.45) is 3.78. The van der Waals surface area contributed by atoms with E-state index >= 15 is 0 Å². The minimum Gasteiger partial charge on any atom is -0.368 e. The number of nitrogens with one attached hydrogen (secondary N) is 1.